The molecule has 0 aromatic heterocycles. The standard InChI is InChI=1S/C22H21FN2O5S/c1-3-30-20-7-5-4-6-18(20)22(26)24-16-10-13-21(29-2)19(14-16)25-31(27,28)17-11-8-15(23)9-12-17/h4-14,25H,3H2,1-2H3,(H,24,26). The molecule has 2 N–H and O–H groups in total. The fourth-order valence-electron chi connectivity index (χ4n) is 2.82. The molecule has 0 spiro atoms. The first-order chi connectivity index (χ1) is 14.8. The van der Waals surface area contributed by atoms with Gasteiger partial charge < -0.3 is 14.8 Å². The molecule has 0 saturated heterocycles. The van der Waals surface area contributed by atoms with Gasteiger partial charge in [0.25, 0.3) is 15.9 Å². The number of carbonyl (C=O) groups is 1. The predicted molar refractivity (Wildman–Crippen MR) is 116 cm³/mol. The number of amides is 1. The van der Waals surface area contributed by atoms with Crippen LogP contribution >= 0.6 is 0 Å². The van der Waals surface area contributed by atoms with Crippen molar-refractivity contribution in [1.29, 1.82) is 0 Å². The van der Waals surface area contributed by atoms with E-state index in [2.05, 4.69) is 10.0 Å². The number of sulfonamides is 1. The third-order valence-corrected chi connectivity index (χ3v) is 5.64. The van der Waals surface area contributed by atoms with Crippen LogP contribution in [0.5, 0.6) is 11.5 Å². The molecule has 31 heavy (non-hydrogen) atoms. The topological polar surface area (TPSA) is 93.7 Å². The zero-order valence-corrected chi connectivity index (χ0v) is 17.7. The molecule has 0 unspecified atom stereocenters. The first-order valence-corrected chi connectivity index (χ1v) is 10.8. The Hall–Kier alpha value is -3.59. The molecule has 0 aliphatic heterocycles. The quantitative estimate of drug-likeness (QED) is 0.541. The minimum absolute atomic E-state index is 0.114. The van der Waals surface area contributed by atoms with Crippen molar-refractivity contribution in [2.75, 3.05) is 23.8 Å². The number of halogens is 1. The second-order valence-electron chi connectivity index (χ2n) is 6.36. The summed E-state index contributed by atoms with van der Waals surface area (Å²) in [7, 11) is -2.61. The van der Waals surface area contributed by atoms with Gasteiger partial charge >= 0.3 is 0 Å². The highest BCUT2D eigenvalue weighted by molar-refractivity contribution is 7.92. The maximum atomic E-state index is 13.1. The molecule has 0 bridgehead atoms. The number of hydrogen-bond donors (Lipinski definition) is 2. The van der Waals surface area contributed by atoms with Crippen molar-refractivity contribution in [3.8, 4) is 11.5 Å². The summed E-state index contributed by atoms with van der Waals surface area (Å²) in [5.74, 6) is -0.276. The summed E-state index contributed by atoms with van der Waals surface area (Å²) >= 11 is 0. The first-order valence-electron chi connectivity index (χ1n) is 9.33. The van der Waals surface area contributed by atoms with Crippen LogP contribution in [-0.4, -0.2) is 28.0 Å². The molecule has 9 heteroatoms. The lowest BCUT2D eigenvalue weighted by Gasteiger charge is -2.15. The molecular weight excluding hydrogens is 423 g/mol. The van der Waals surface area contributed by atoms with Gasteiger partial charge in [-0.2, -0.15) is 0 Å². The number of para-hydroxylation sites is 1. The van der Waals surface area contributed by atoms with Gasteiger partial charge in [0.2, 0.25) is 0 Å². The summed E-state index contributed by atoms with van der Waals surface area (Å²) in [6.07, 6.45) is 0. The molecule has 0 atom stereocenters. The van der Waals surface area contributed by atoms with Gasteiger partial charge in [0, 0.05) is 5.69 Å². The largest absolute Gasteiger partial charge is 0.495 e. The predicted octanol–water partition coefficient (Wildman–Crippen LogP) is 4.29. The molecular formula is C22H21FN2O5S. The Balaban J connectivity index is 1.87. The van der Waals surface area contributed by atoms with E-state index >= 15 is 0 Å². The zero-order chi connectivity index (χ0) is 22.4. The normalized spacial score (nSPS) is 10.9. The summed E-state index contributed by atoms with van der Waals surface area (Å²) in [4.78, 5) is 12.6. The van der Waals surface area contributed by atoms with Crippen LogP contribution in [0.3, 0.4) is 0 Å². The Labute approximate surface area is 179 Å². The maximum Gasteiger partial charge on any atom is 0.262 e. The number of nitrogens with one attached hydrogen (secondary N) is 2. The number of rotatable bonds is 8. The lowest BCUT2D eigenvalue weighted by atomic mass is 10.1. The maximum absolute atomic E-state index is 13.1. The first kappa shape index (κ1) is 22.1. The Kier molecular flexibility index (Phi) is 6.76. The van der Waals surface area contributed by atoms with Crippen LogP contribution in [-0.2, 0) is 10.0 Å². The molecule has 3 aromatic rings. The fourth-order valence-corrected chi connectivity index (χ4v) is 3.88. The van der Waals surface area contributed by atoms with Gasteiger partial charge in [-0.3, -0.25) is 9.52 Å². The summed E-state index contributed by atoms with van der Waals surface area (Å²) < 4.78 is 51.6. The van der Waals surface area contributed by atoms with Crippen LogP contribution in [0.2, 0.25) is 0 Å². The molecule has 0 aliphatic rings. The minimum atomic E-state index is -4.00. The Morgan fingerprint density at radius 3 is 2.39 bits per heavy atom. The van der Waals surface area contributed by atoms with E-state index in [-0.39, 0.29) is 16.3 Å². The van der Waals surface area contributed by atoms with Gasteiger partial charge in [0.15, 0.2) is 0 Å². The van der Waals surface area contributed by atoms with Crippen molar-refractivity contribution in [2.24, 2.45) is 0 Å². The molecule has 0 aliphatic carbocycles. The van der Waals surface area contributed by atoms with Gasteiger partial charge in [-0.25, -0.2) is 12.8 Å². The highest BCUT2D eigenvalue weighted by atomic mass is 32.2. The SMILES string of the molecule is CCOc1ccccc1C(=O)Nc1ccc(OC)c(NS(=O)(=O)c2ccc(F)cc2)c1. The number of benzene rings is 3. The Bertz CT molecular complexity index is 1180. The van der Waals surface area contributed by atoms with E-state index in [1.807, 2.05) is 6.92 Å². The number of carbonyl (C=O) groups excluding carboxylic acids is 1. The van der Waals surface area contributed by atoms with E-state index in [9.17, 15) is 17.6 Å². The average Bonchev–Trinajstić information content (AvgIpc) is 2.74. The van der Waals surface area contributed by atoms with Crippen molar-refractivity contribution in [1.82, 2.24) is 0 Å². The highest BCUT2D eigenvalue weighted by Crippen LogP contribution is 2.30. The number of ether oxygens (including phenoxy) is 2. The van der Waals surface area contributed by atoms with Crippen molar-refractivity contribution in [3.05, 3.63) is 78.1 Å². The second kappa shape index (κ2) is 9.48. The monoisotopic (exact) mass is 444 g/mol. The van der Waals surface area contributed by atoms with E-state index in [0.717, 1.165) is 24.3 Å². The summed E-state index contributed by atoms with van der Waals surface area (Å²) in [5, 5.41) is 2.72. The van der Waals surface area contributed by atoms with E-state index in [4.69, 9.17) is 9.47 Å². The Morgan fingerprint density at radius 1 is 1.00 bits per heavy atom. The highest BCUT2D eigenvalue weighted by Gasteiger charge is 2.18. The molecule has 0 radical (unpaired) electrons. The van der Waals surface area contributed by atoms with E-state index in [0.29, 0.717) is 23.6 Å². The second-order valence-corrected chi connectivity index (χ2v) is 8.04. The summed E-state index contributed by atoms with van der Waals surface area (Å²) in [6.45, 7) is 2.22. The van der Waals surface area contributed by atoms with Gasteiger partial charge in [-0.05, 0) is 61.5 Å². The molecule has 0 saturated carbocycles. The molecule has 7 nitrogen and oxygen atoms in total. The molecule has 3 rings (SSSR count). The molecule has 3 aromatic carbocycles. The van der Waals surface area contributed by atoms with Crippen LogP contribution in [0.25, 0.3) is 0 Å². The van der Waals surface area contributed by atoms with Crippen LogP contribution in [0.15, 0.2) is 71.6 Å². The van der Waals surface area contributed by atoms with E-state index in [1.54, 1.807) is 30.3 Å². The van der Waals surface area contributed by atoms with E-state index in [1.165, 1.54) is 19.2 Å². The summed E-state index contributed by atoms with van der Waals surface area (Å²) in [5.41, 5.74) is 0.797. The fraction of sp³-hybridized carbons (Fsp3) is 0.136. The molecule has 0 fully saturated rings. The van der Waals surface area contributed by atoms with Gasteiger partial charge in [0.1, 0.15) is 17.3 Å². The lowest BCUT2D eigenvalue weighted by Crippen LogP contribution is -2.16. The van der Waals surface area contributed by atoms with Crippen LogP contribution < -0.4 is 19.5 Å². The number of anilines is 2. The average molecular weight is 444 g/mol. The smallest absolute Gasteiger partial charge is 0.262 e. The van der Waals surface area contributed by atoms with Gasteiger partial charge in [-0.15, -0.1) is 0 Å². The third kappa shape index (κ3) is 5.32. The Morgan fingerprint density at radius 2 is 1.71 bits per heavy atom. The zero-order valence-electron chi connectivity index (χ0n) is 16.9. The van der Waals surface area contributed by atoms with Gasteiger partial charge in [0.05, 0.1) is 29.9 Å². The number of methoxy groups -OCH3 is 1. The van der Waals surface area contributed by atoms with Crippen molar-refractivity contribution in [3.63, 3.8) is 0 Å². The molecule has 162 valence electrons. The van der Waals surface area contributed by atoms with Gasteiger partial charge in [-0.1, -0.05) is 12.1 Å². The molecule has 1 amide bonds. The molecule has 0 heterocycles. The van der Waals surface area contributed by atoms with Crippen LogP contribution in [0.4, 0.5) is 15.8 Å². The van der Waals surface area contributed by atoms with Crippen molar-refractivity contribution in [2.45, 2.75) is 11.8 Å². The van der Waals surface area contributed by atoms with Crippen LogP contribution in [0.1, 0.15) is 17.3 Å². The van der Waals surface area contributed by atoms with Crippen molar-refractivity contribution >= 4 is 27.3 Å². The lowest BCUT2D eigenvalue weighted by molar-refractivity contribution is 0.102. The van der Waals surface area contributed by atoms with Crippen LogP contribution in [0, 0.1) is 5.82 Å². The summed E-state index contributed by atoms with van der Waals surface area (Å²) in [6, 6.07) is 15.7. The minimum Gasteiger partial charge on any atom is -0.495 e. The third-order valence-electron chi connectivity index (χ3n) is 4.26. The van der Waals surface area contributed by atoms with Crippen molar-refractivity contribution < 1.29 is 27.1 Å². The van der Waals surface area contributed by atoms with E-state index < -0.39 is 21.7 Å². The number of hydrogen-bond acceptors (Lipinski definition) is 5.